The van der Waals surface area contributed by atoms with Crippen LogP contribution in [0.4, 0.5) is 39.5 Å². The molecular formula is C18H9BF9N3O12. The van der Waals surface area contributed by atoms with E-state index in [1.807, 2.05) is 0 Å². The number of hydrogen-bond donors (Lipinski definition) is 9. The molecule has 0 saturated heterocycles. The number of H-pyrrole nitrogens is 3. The van der Waals surface area contributed by atoms with Crippen molar-refractivity contribution in [3.05, 3.63) is 47.8 Å². The first-order valence-electron chi connectivity index (χ1n) is 10.2. The largest absolute Gasteiger partial charge is 0.867 e. The molecule has 9 N–H and O–H groups in total. The van der Waals surface area contributed by atoms with E-state index in [1.165, 1.54) is 15.0 Å². The van der Waals surface area contributed by atoms with Crippen LogP contribution in [0.3, 0.4) is 0 Å². The summed E-state index contributed by atoms with van der Waals surface area (Å²) >= 11 is 0. The molecule has 3 aromatic rings. The molecular weight excluding hydrogens is 632 g/mol. The van der Waals surface area contributed by atoms with Crippen molar-refractivity contribution >= 4 is 7.32 Å². The van der Waals surface area contributed by atoms with Crippen molar-refractivity contribution in [2.45, 2.75) is 18.5 Å². The third kappa shape index (κ3) is 6.08. The van der Waals surface area contributed by atoms with Crippen LogP contribution < -0.4 is 30.6 Å². The molecule has 0 aromatic carbocycles. The van der Waals surface area contributed by atoms with Gasteiger partial charge in [-0.3, -0.25) is 29.3 Å². The zero-order valence-electron chi connectivity index (χ0n) is 19.6. The minimum Gasteiger partial charge on any atom is -0.504 e. The Morgan fingerprint density at radius 3 is 0.837 bits per heavy atom. The van der Waals surface area contributed by atoms with Crippen molar-refractivity contribution in [3.63, 3.8) is 0 Å². The Kier molecular flexibility index (Phi) is 7.74. The van der Waals surface area contributed by atoms with E-state index in [9.17, 15) is 84.5 Å². The Hall–Kier alpha value is -5.52. The molecule has 0 amide bonds. The van der Waals surface area contributed by atoms with Gasteiger partial charge in [0.15, 0.2) is 33.9 Å². The smallest absolute Gasteiger partial charge is 0.504 e. The molecule has 15 nitrogen and oxygen atoms in total. The second-order valence-corrected chi connectivity index (χ2v) is 7.70. The van der Waals surface area contributed by atoms with Crippen LogP contribution in [0.1, 0.15) is 16.7 Å². The van der Waals surface area contributed by atoms with Crippen LogP contribution in [0.2, 0.25) is 0 Å². The normalized spacial score (nSPS) is 12.2. The number of pyridine rings is 3. The number of aromatic amines is 3. The van der Waals surface area contributed by atoms with Crippen LogP contribution in [-0.4, -0.2) is 52.9 Å². The van der Waals surface area contributed by atoms with E-state index >= 15 is 0 Å². The van der Waals surface area contributed by atoms with Crippen LogP contribution >= 0.6 is 0 Å². The second-order valence-electron chi connectivity index (χ2n) is 7.70. The molecule has 0 atom stereocenters. The standard InChI is InChI=1S/C18H9BF9N3O12/c20-16(21,22)1-4(32)7(35)13(29-10(1)38)41-19(42-14-8(36)5(33)2(11(39)30-14)17(23,24)25)43-15-9(37)6(34)3(12(40)31-15)18(26,27)28/h35-37H,(H2,29,32,38)(H2,30,33,39)(H2,31,34,40). The van der Waals surface area contributed by atoms with E-state index in [1.54, 1.807) is 0 Å². The number of rotatable bonds is 6. The van der Waals surface area contributed by atoms with Crippen molar-refractivity contribution in [2.24, 2.45) is 0 Å². The summed E-state index contributed by atoms with van der Waals surface area (Å²) in [5, 5.41) is 58.5. The number of hydrogen-bond acceptors (Lipinski definition) is 12. The fourth-order valence-corrected chi connectivity index (χ4v) is 3.08. The summed E-state index contributed by atoms with van der Waals surface area (Å²) in [7, 11) is -3.15. The van der Waals surface area contributed by atoms with E-state index in [4.69, 9.17) is 0 Å². The molecule has 0 fully saturated rings. The SMILES string of the molecule is O=c1[nH]c(OB(Oc2[nH]c(=O)c(C(F)(F)F)c(O)c2O)Oc2[nH]c(=O)c(C(F)(F)F)c(O)c2O)c(O)c(O)c1C(F)(F)F. The topological polar surface area (TPSA) is 248 Å². The molecule has 3 heterocycles. The lowest BCUT2D eigenvalue weighted by atomic mass is 10.1. The van der Waals surface area contributed by atoms with Crippen LogP contribution in [0, 0.1) is 0 Å². The Morgan fingerprint density at radius 1 is 0.442 bits per heavy atom. The molecule has 0 bridgehead atoms. The van der Waals surface area contributed by atoms with Crippen molar-refractivity contribution in [2.75, 3.05) is 0 Å². The first kappa shape index (κ1) is 32.0. The van der Waals surface area contributed by atoms with Gasteiger partial charge in [-0.1, -0.05) is 0 Å². The summed E-state index contributed by atoms with van der Waals surface area (Å²) < 4.78 is 131. The van der Waals surface area contributed by atoms with E-state index in [2.05, 4.69) is 14.0 Å². The minimum atomic E-state index is -5.61. The van der Waals surface area contributed by atoms with Gasteiger partial charge in [0.25, 0.3) is 16.7 Å². The lowest BCUT2D eigenvalue weighted by molar-refractivity contribution is -0.141. The maximum atomic E-state index is 13.0. The number of alkyl halides is 9. The average molecular weight is 641 g/mol. The van der Waals surface area contributed by atoms with Gasteiger partial charge in [-0.05, 0) is 0 Å². The Morgan fingerprint density at radius 2 is 0.651 bits per heavy atom. The highest BCUT2D eigenvalue weighted by molar-refractivity contribution is 6.39. The van der Waals surface area contributed by atoms with Gasteiger partial charge in [0.1, 0.15) is 0 Å². The molecule has 234 valence electrons. The van der Waals surface area contributed by atoms with Crippen molar-refractivity contribution in [1.82, 2.24) is 15.0 Å². The maximum absolute atomic E-state index is 13.0. The summed E-state index contributed by atoms with van der Waals surface area (Å²) in [4.78, 5) is 39.1. The molecule has 0 radical (unpaired) electrons. The van der Waals surface area contributed by atoms with Gasteiger partial charge in [-0.2, -0.15) is 39.5 Å². The second kappa shape index (κ2) is 10.4. The zero-order chi connectivity index (χ0) is 33.0. The average Bonchev–Trinajstić information content (AvgIpc) is 2.81. The molecule has 0 unspecified atom stereocenters. The van der Waals surface area contributed by atoms with Crippen LogP contribution in [0.25, 0.3) is 0 Å². The minimum absolute atomic E-state index is 1.19. The quantitative estimate of drug-likeness (QED) is 0.138. The number of aromatic hydroxyl groups is 6. The van der Waals surface area contributed by atoms with E-state index in [0.29, 0.717) is 0 Å². The third-order valence-corrected chi connectivity index (χ3v) is 4.88. The van der Waals surface area contributed by atoms with Gasteiger partial charge in [0.2, 0.25) is 34.9 Å². The van der Waals surface area contributed by atoms with Crippen molar-refractivity contribution in [3.8, 4) is 52.1 Å². The fourth-order valence-electron chi connectivity index (χ4n) is 3.08. The lowest BCUT2D eigenvalue weighted by Gasteiger charge is -2.19. The third-order valence-electron chi connectivity index (χ3n) is 4.88. The monoisotopic (exact) mass is 641 g/mol. The summed E-state index contributed by atoms with van der Waals surface area (Å²) in [6.45, 7) is 0. The van der Waals surface area contributed by atoms with Crippen molar-refractivity contribution in [1.29, 1.82) is 0 Å². The number of halogens is 9. The molecule has 25 heteroatoms. The number of aromatic nitrogens is 3. The maximum Gasteiger partial charge on any atom is 0.867 e. The lowest BCUT2D eigenvalue weighted by Crippen LogP contribution is -2.39. The molecule has 0 aliphatic rings. The molecule has 0 aliphatic carbocycles. The molecule has 3 rings (SSSR count). The first-order chi connectivity index (χ1) is 19.5. The van der Waals surface area contributed by atoms with Gasteiger partial charge < -0.3 is 44.6 Å². The van der Waals surface area contributed by atoms with E-state index < -0.39 is 111 Å². The highest BCUT2D eigenvalue weighted by Gasteiger charge is 2.45. The molecule has 0 aliphatic heterocycles. The van der Waals surface area contributed by atoms with Gasteiger partial charge in [0.05, 0.1) is 0 Å². The van der Waals surface area contributed by atoms with E-state index in [0.717, 1.165) is 0 Å². The fraction of sp³-hybridized carbons (Fsp3) is 0.167. The van der Waals surface area contributed by atoms with Crippen LogP contribution in [0.5, 0.6) is 52.1 Å². The molecule has 43 heavy (non-hydrogen) atoms. The Bertz CT molecular complexity index is 1560. The molecule has 0 spiro atoms. The van der Waals surface area contributed by atoms with Gasteiger partial charge in [-0.15, -0.1) is 0 Å². The van der Waals surface area contributed by atoms with Gasteiger partial charge >= 0.3 is 25.9 Å². The summed E-state index contributed by atoms with van der Waals surface area (Å²) in [5.74, 6) is -17.6. The van der Waals surface area contributed by atoms with Crippen molar-refractivity contribution < 1.29 is 84.1 Å². The summed E-state index contributed by atoms with van der Waals surface area (Å²) in [6, 6.07) is 0. The molecule has 3 aromatic heterocycles. The van der Waals surface area contributed by atoms with Crippen LogP contribution in [-0.2, 0) is 18.5 Å². The zero-order valence-corrected chi connectivity index (χ0v) is 19.6. The van der Waals surface area contributed by atoms with Gasteiger partial charge in [-0.25, -0.2) is 0 Å². The highest BCUT2D eigenvalue weighted by Crippen LogP contribution is 2.45. The Balaban J connectivity index is 2.20. The number of nitrogens with one attached hydrogen (secondary N) is 3. The van der Waals surface area contributed by atoms with Crippen LogP contribution in [0.15, 0.2) is 14.4 Å². The summed E-state index contributed by atoms with van der Waals surface area (Å²) in [6.07, 6.45) is -16.8. The molecule has 0 saturated carbocycles. The van der Waals surface area contributed by atoms with E-state index in [-0.39, 0.29) is 0 Å². The van der Waals surface area contributed by atoms with Gasteiger partial charge in [0, 0.05) is 0 Å². The highest BCUT2D eigenvalue weighted by atomic mass is 19.4. The predicted molar refractivity (Wildman–Crippen MR) is 114 cm³/mol. The Labute approximate surface area is 225 Å². The first-order valence-corrected chi connectivity index (χ1v) is 10.2. The predicted octanol–water partition coefficient (Wildman–Crippen LogP) is 1.56. The summed E-state index contributed by atoms with van der Waals surface area (Å²) in [5.41, 5.74) is -13.9.